The van der Waals surface area contributed by atoms with Crippen LogP contribution in [0.5, 0.6) is 11.5 Å². The molecule has 6 heteroatoms. The van der Waals surface area contributed by atoms with Crippen LogP contribution in [0.25, 0.3) is 0 Å². The summed E-state index contributed by atoms with van der Waals surface area (Å²) in [6.07, 6.45) is -0.542. The van der Waals surface area contributed by atoms with Crippen LogP contribution < -0.4 is 9.47 Å². The Morgan fingerprint density at radius 2 is 2.05 bits per heavy atom. The third-order valence-electron chi connectivity index (χ3n) is 3.21. The molecule has 0 saturated heterocycles. The van der Waals surface area contributed by atoms with E-state index in [4.69, 9.17) is 9.47 Å². The molecule has 6 nitrogen and oxygen atoms in total. The lowest BCUT2D eigenvalue weighted by molar-refractivity contribution is 0.198. The van der Waals surface area contributed by atoms with E-state index >= 15 is 0 Å². The minimum atomic E-state index is -0.542. The molecule has 0 bridgehead atoms. The number of rotatable bonds is 5. The first-order valence-electron chi connectivity index (χ1n) is 6.36. The Morgan fingerprint density at radius 1 is 1.30 bits per heavy atom. The normalized spacial score (nSPS) is 12.2. The van der Waals surface area contributed by atoms with Gasteiger partial charge in [-0.25, -0.2) is 0 Å². The van der Waals surface area contributed by atoms with Crippen LogP contribution in [0.4, 0.5) is 0 Å². The van der Waals surface area contributed by atoms with Crippen LogP contribution in [0.3, 0.4) is 0 Å². The average Bonchev–Trinajstić information content (AvgIpc) is 2.76. The van der Waals surface area contributed by atoms with Crippen molar-refractivity contribution in [2.45, 2.75) is 26.6 Å². The number of aromatic nitrogens is 3. The fourth-order valence-corrected chi connectivity index (χ4v) is 1.78. The number of benzene rings is 1. The Morgan fingerprint density at radius 3 is 2.60 bits per heavy atom. The fraction of sp³-hybridized carbons (Fsp3) is 0.429. The van der Waals surface area contributed by atoms with E-state index in [-0.39, 0.29) is 0 Å². The van der Waals surface area contributed by atoms with E-state index in [1.54, 1.807) is 26.2 Å². The molecule has 0 aliphatic carbocycles. The van der Waals surface area contributed by atoms with Crippen molar-refractivity contribution in [2.24, 2.45) is 7.05 Å². The number of aliphatic hydroxyl groups excluding tert-OH is 1. The molecular weight excluding hydrogens is 258 g/mol. The Hall–Kier alpha value is -2.08. The molecule has 0 unspecified atom stereocenters. The van der Waals surface area contributed by atoms with Crippen LogP contribution in [-0.2, 0) is 13.7 Å². The van der Waals surface area contributed by atoms with E-state index in [1.165, 1.54) is 0 Å². The number of hydrogen-bond donors (Lipinski definition) is 1. The molecule has 0 amide bonds. The van der Waals surface area contributed by atoms with Crippen LogP contribution in [0, 0.1) is 6.92 Å². The van der Waals surface area contributed by atoms with E-state index in [0.717, 1.165) is 17.2 Å². The van der Waals surface area contributed by atoms with Crippen molar-refractivity contribution in [3.63, 3.8) is 0 Å². The highest BCUT2D eigenvalue weighted by Crippen LogP contribution is 2.30. The Balaban J connectivity index is 2.15. The number of ether oxygens (including phenoxy) is 2. The number of methoxy groups -OCH3 is 1. The van der Waals surface area contributed by atoms with Gasteiger partial charge in [0.25, 0.3) is 0 Å². The monoisotopic (exact) mass is 277 g/mol. The minimum Gasteiger partial charge on any atom is -0.493 e. The third-order valence-corrected chi connectivity index (χ3v) is 3.21. The van der Waals surface area contributed by atoms with Gasteiger partial charge in [-0.05, 0) is 31.5 Å². The second-order valence-electron chi connectivity index (χ2n) is 4.60. The second-order valence-corrected chi connectivity index (χ2v) is 4.60. The van der Waals surface area contributed by atoms with E-state index in [0.29, 0.717) is 18.1 Å². The van der Waals surface area contributed by atoms with Gasteiger partial charge < -0.3 is 19.1 Å². The summed E-state index contributed by atoms with van der Waals surface area (Å²) >= 11 is 0. The van der Waals surface area contributed by atoms with Gasteiger partial charge in [-0.15, -0.1) is 10.2 Å². The van der Waals surface area contributed by atoms with Gasteiger partial charge in [0.1, 0.15) is 12.4 Å². The lowest BCUT2D eigenvalue weighted by Crippen LogP contribution is -2.05. The molecule has 2 rings (SSSR count). The fourth-order valence-electron chi connectivity index (χ4n) is 1.78. The first-order valence-corrected chi connectivity index (χ1v) is 6.36. The quantitative estimate of drug-likeness (QED) is 0.902. The molecular formula is C14H19N3O3. The summed E-state index contributed by atoms with van der Waals surface area (Å²) in [6.45, 7) is 3.90. The molecule has 108 valence electrons. The third kappa shape index (κ3) is 2.91. The predicted molar refractivity (Wildman–Crippen MR) is 73.7 cm³/mol. The molecule has 0 spiro atoms. The van der Waals surface area contributed by atoms with Crippen molar-refractivity contribution in [1.29, 1.82) is 0 Å². The van der Waals surface area contributed by atoms with E-state index in [9.17, 15) is 5.11 Å². The van der Waals surface area contributed by atoms with Gasteiger partial charge >= 0.3 is 0 Å². The van der Waals surface area contributed by atoms with Crippen LogP contribution in [-0.4, -0.2) is 27.0 Å². The van der Waals surface area contributed by atoms with Crippen molar-refractivity contribution in [1.82, 2.24) is 14.8 Å². The summed E-state index contributed by atoms with van der Waals surface area (Å²) in [7, 11) is 3.46. The lowest BCUT2D eigenvalue weighted by Gasteiger charge is -2.13. The molecule has 1 N–H and O–H groups in total. The van der Waals surface area contributed by atoms with Gasteiger partial charge in [0, 0.05) is 7.05 Å². The van der Waals surface area contributed by atoms with Crippen molar-refractivity contribution in [3.05, 3.63) is 35.4 Å². The Kier molecular flexibility index (Phi) is 4.24. The molecule has 1 atom stereocenters. The highest BCUT2D eigenvalue weighted by atomic mass is 16.5. The van der Waals surface area contributed by atoms with Crippen LogP contribution in [0.1, 0.15) is 30.2 Å². The molecule has 20 heavy (non-hydrogen) atoms. The van der Waals surface area contributed by atoms with Crippen molar-refractivity contribution >= 4 is 0 Å². The smallest absolute Gasteiger partial charge is 0.170 e. The van der Waals surface area contributed by atoms with Gasteiger partial charge in [0.15, 0.2) is 17.3 Å². The van der Waals surface area contributed by atoms with Gasteiger partial charge in [-0.2, -0.15) is 0 Å². The van der Waals surface area contributed by atoms with E-state index < -0.39 is 6.10 Å². The summed E-state index contributed by atoms with van der Waals surface area (Å²) in [5.74, 6) is 2.77. The molecule has 0 radical (unpaired) electrons. The van der Waals surface area contributed by atoms with Gasteiger partial charge in [0.2, 0.25) is 0 Å². The molecule has 1 heterocycles. The maximum Gasteiger partial charge on any atom is 0.170 e. The molecule has 2 aromatic rings. The van der Waals surface area contributed by atoms with Crippen molar-refractivity contribution in [2.75, 3.05) is 7.11 Å². The topological polar surface area (TPSA) is 69.4 Å². The zero-order valence-corrected chi connectivity index (χ0v) is 12.1. The first-order chi connectivity index (χ1) is 9.52. The standard InChI is InChI=1S/C14H19N3O3/c1-9(18)11-5-6-12(13(7-11)19-4)20-8-14-16-15-10(2)17(14)3/h5-7,9,18H,8H2,1-4H3/t9-/m0/s1. The second kappa shape index (κ2) is 5.92. The van der Waals surface area contributed by atoms with Crippen LogP contribution in [0.2, 0.25) is 0 Å². The zero-order chi connectivity index (χ0) is 14.7. The SMILES string of the molecule is COc1cc([C@H](C)O)ccc1OCc1nnc(C)n1C. The number of nitrogens with zero attached hydrogens (tertiary/aromatic N) is 3. The molecule has 1 aromatic heterocycles. The summed E-state index contributed by atoms with van der Waals surface area (Å²) in [6, 6.07) is 5.36. The highest BCUT2D eigenvalue weighted by molar-refractivity contribution is 5.43. The van der Waals surface area contributed by atoms with Gasteiger partial charge in [0.05, 0.1) is 13.2 Å². The Bertz CT molecular complexity index is 593. The zero-order valence-electron chi connectivity index (χ0n) is 12.1. The summed E-state index contributed by atoms with van der Waals surface area (Å²) in [5, 5.41) is 17.6. The molecule has 0 aliphatic heterocycles. The van der Waals surface area contributed by atoms with Gasteiger partial charge in [-0.3, -0.25) is 0 Å². The summed E-state index contributed by atoms with van der Waals surface area (Å²) in [4.78, 5) is 0. The average molecular weight is 277 g/mol. The largest absolute Gasteiger partial charge is 0.493 e. The number of aryl methyl sites for hydroxylation is 1. The minimum absolute atomic E-state index is 0.307. The molecule has 1 aromatic carbocycles. The molecule has 0 fully saturated rings. The van der Waals surface area contributed by atoms with Crippen LogP contribution >= 0.6 is 0 Å². The molecule has 0 aliphatic rings. The van der Waals surface area contributed by atoms with Crippen LogP contribution in [0.15, 0.2) is 18.2 Å². The van der Waals surface area contributed by atoms with Gasteiger partial charge in [-0.1, -0.05) is 6.07 Å². The van der Waals surface area contributed by atoms with Crippen molar-refractivity contribution < 1.29 is 14.6 Å². The highest BCUT2D eigenvalue weighted by Gasteiger charge is 2.11. The number of aliphatic hydroxyl groups is 1. The maximum absolute atomic E-state index is 9.56. The Labute approximate surface area is 118 Å². The first kappa shape index (κ1) is 14.3. The maximum atomic E-state index is 9.56. The predicted octanol–water partition coefficient (Wildman–Crippen LogP) is 1.76. The summed E-state index contributed by atoms with van der Waals surface area (Å²) in [5.41, 5.74) is 0.781. The van der Waals surface area contributed by atoms with E-state index in [2.05, 4.69) is 10.2 Å². The summed E-state index contributed by atoms with van der Waals surface area (Å²) < 4.78 is 12.9. The van der Waals surface area contributed by atoms with Crippen molar-refractivity contribution in [3.8, 4) is 11.5 Å². The van der Waals surface area contributed by atoms with E-state index in [1.807, 2.05) is 24.6 Å². The molecule has 0 saturated carbocycles. The lowest BCUT2D eigenvalue weighted by atomic mass is 10.1. The number of hydrogen-bond acceptors (Lipinski definition) is 5.